The van der Waals surface area contributed by atoms with Crippen LogP contribution in [0.2, 0.25) is 0 Å². The minimum absolute atomic E-state index is 0.0763. The fourth-order valence-corrected chi connectivity index (χ4v) is 21.0. The molecule has 24 rings (SSSR count). The van der Waals surface area contributed by atoms with E-state index in [9.17, 15) is 28.4 Å². The van der Waals surface area contributed by atoms with Crippen LogP contribution in [0.15, 0.2) is 225 Å². The molecule has 0 unspecified atom stereocenters. The van der Waals surface area contributed by atoms with E-state index < -0.39 is 5.82 Å². The summed E-state index contributed by atoms with van der Waals surface area (Å²) < 4.78 is 51.8. The van der Waals surface area contributed by atoms with E-state index in [4.69, 9.17) is 38.6 Å². The van der Waals surface area contributed by atoms with Crippen molar-refractivity contribution in [3.63, 3.8) is 0 Å². The van der Waals surface area contributed by atoms with Gasteiger partial charge in [0.25, 0.3) is 27.8 Å². The van der Waals surface area contributed by atoms with E-state index in [1.807, 2.05) is 136 Å². The highest BCUT2D eigenvalue weighted by molar-refractivity contribution is 5.72. The molecule has 17 aromatic rings. The van der Waals surface area contributed by atoms with Gasteiger partial charge in [-0.15, -0.1) is 0 Å². The molecule has 4 atom stereocenters. The molecule has 0 amide bonds. The Morgan fingerprint density at radius 3 is 1.28 bits per heavy atom. The number of fused-ring (bicyclic) bond motifs is 11. The molecule has 6 saturated heterocycles. The van der Waals surface area contributed by atoms with Crippen molar-refractivity contribution in [3.8, 4) is 85.3 Å². The van der Waals surface area contributed by atoms with Crippen molar-refractivity contribution < 1.29 is 28.1 Å². The molecule has 3 aromatic carbocycles. The van der Waals surface area contributed by atoms with E-state index >= 15 is 0 Å². The standard InChI is InChI=1S/C23H25N7O.C23H27N3O3.C22H23N7O.C20H20FN3O2.C20H20N4O3/c1-4-27-11-18-7-17(27)13-28(18)16-5-6-22-25-19(9-23(31)29(22)12-16)20-8-21-15(3)24-14(2)10-30(21)26-20;1-4-25-11-9-16(10-12-25)18-6-8-22-24-19(14-23(27)26(22)15-18)17-5-7-20(28-2)21(13-17)29-3;1-13-9-29-20(14(2)23-13)7-19(25-29)18-8-22(30)28-11-15(4-5-21(28)24-18)27-12-16-6-17(27)10-26(16)3;1-26-18-4-2-14(10-16(18)21)17-11-20(25)24-12-15(3-5-19(24)23-17)13-6-8-22-9-7-13;1-26-17-4-3-14(9-18(17)27-2)15-10-20(25)24-12-16(22-11-19(24)23-15)13-5-7-21-8-6-13/h5-6,8-10,12,17-18H,4,7,11,13H2,1-3H3;5-8,13-16H,4,9-12H2,1-3H3;4-5,7-9,11,16-17H,6,10,12H2,1-3H3;2-5,10-13,22H,6-9H2,1H3;3-5,9-12,21H,6-8H2,1-2H3/t17-,18-;;16-,17-;;/m0.0../s1. The van der Waals surface area contributed by atoms with Gasteiger partial charge in [-0.3, -0.25) is 70.7 Å². The first-order valence-electron chi connectivity index (χ1n) is 48.7. The average molecular weight is 1930 g/mol. The molecule has 14 aromatic heterocycles. The van der Waals surface area contributed by atoms with Crippen LogP contribution in [0, 0.1) is 33.5 Å². The van der Waals surface area contributed by atoms with Crippen molar-refractivity contribution in [2.75, 3.05) is 131 Å². The van der Waals surface area contributed by atoms with Gasteiger partial charge in [-0.05, 0) is 257 Å². The number of likely N-dealkylation sites (tertiary alicyclic amines) is 3. The molecule has 734 valence electrons. The number of aromatic nitrogens is 17. The van der Waals surface area contributed by atoms with Gasteiger partial charge >= 0.3 is 0 Å². The first kappa shape index (κ1) is 95.3. The number of likely N-dealkylation sites (N-methyl/N-ethyl adjacent to an activating group) is 2. The summed E-state index contributed by atoms with van der Waals surface area (Å²) in [6.45, 7) is 24.6. The summed E-state index contributed by atoms with van der Waals surface area (Å²) in [6, 6.07) is 45.4. The van der Waals surface area contributed by atoms with Crippen molar-refractivity contribution in [2.45, 2.75) is 122 Å². The van der Waals surface area contributed by atoms with Crippen molar-refractivity contribution in [1.82, 2.24) is 106 Å². The zero-order valence-corrected chi connectivity index (χ0v) is 82.3. The Bertz CT molecular complexity index is 8100. The molecule has 0 aliphatic carbocycles. The number of piperidine rings is 2. The van der Waals surface area contributed by atoms with E-state index in [-0.39, 0.29) is 33.5 Å². The van der Waals surface area contributed by atoms with Gasteiger partial charge < -0.3 is 49.0 Å². The van der Waals surface area contributed by atoms with Gasteiger partial charge in [0.15, 0.2) is 40.2 Å². The maximum atomic E-state index is 14.0. The summed E-state index contributed by atoms with van der Waals surface area (Å²) in [5.41, 5.74) is 20.6. The lowest BCUT2D eigenvalue weighted by Crippen LogP contribution is -2.46. The Morgan fingerprint density at radius 1 is 0.392 bits per heavy atom. The second-order valence-electron chi connectivity index (χ2n) is 37.5. The van der Waals surface area contributed by atoms with Gasteiger partial charge in [-0.2, -0.15) is 10.2 Å². The predicted molar refractivity (Wildman–Crippen MR) is 550 cm³/mol. The molecule has 4 bridgehead atoms. The number of nitrogens with zero attached hydrogens (tertiary/aromatic N) is 22. The Balaban J connectivity index is 0.000000109. The lowest BCUT2D eigenvalue weighted by molar-refractivity contribution is 0.222. The predicted octanol–water partition coefficient (Wildman–Crippen LogP) is 12.9. The lowest BCUT2D eigenvalue weighted by atomic mass is 9.90. The maximum Gasteiger partial charge on any atom is 0.258 e. The van der Waals surface area contributed by atoms with E-state index in [2.05, 4.69) is 115 Å². The Labute approximate surface area is 823 Å². The Kier molecular flexibility index (Phi) is 27.1. The number of benzene rings is 3. The number of aryl methyl sites for hydroxylation is 4. The molecule has 2 N–H and O–H groups in total. The molecular weight excluding hydrogens is 1810 g/mol. The van der Waals surface area contributed by atoms with Crippen LogP contribution in [0.5, 0.6) is 28.7 Å². The van der Waals surface area contributed by atoms with Crippen molar-refractivity contribution >= 4 is 56.2 Å². The minimum Gasteiger partial charge on any atom is -0.494 e. The van der Waals surface area contributed by atoms with Crippen LogP contribution in [-0.2, 0) is 0 Å². The molecule has 35 heteroatoms. The highest BCUT2D eigenvalue weighted by Gasteiger charge is 2.44. The normalized spacial score (nSPS) is 17.6. The molecule has 143 heavy (non-hydrogen) atoms. The summed E-state index contributed by atoms with van der Waals surface area (Å²) in [4.78, 5) is 113. The van der Waals surface area contributed by atoms with Crippen LogP contribution >= 0.6 is 0 Å². The van der Waals surface area contributed by atoms with Gasteiger partial charge in [-0.1, -0.05) is 32.1 Å². The number of rotatable bonds is 17. The summed E-state index contributed by atoms with van der Waals surface area (Å²) in [5.74, 6) is 3.12. The first-order chi connectivity index (χ1) is 69.4. The number of pyridine rings is 4. The number of nitrogens with one attached hydrogen (secondary N) is 2. The number of anilines is 2. The molecule has 7 aliphatic heterocycles. The highest BCUT2D eigenvalue weighted by Crippen LogP contribution is 2.40. The first-order valence-corrected chi connectivity index (χ1v) is 48.7. The number of halogens is 1. The van der Waals surface area contributed by atoms with Crippen LogP contribution in [-0.4, -0.2) is 241 Å². The topological polar surface area (TPSA) is 332 Å². The third kappa shape index (κ3) is 19.6. The van der Waals surface area contributed by atoms with Crippen LogP contribution in [0.1, 0.15) is 110 Å². The summed E-state index contributed by atoms with van der Waals surface area (Å²) in [5, 5.41) is 15.9. The van der Waals surface area contributed by atoms with E-state index in [1.165, 1.54) is 54.2 Å². The molecule has 21 heterocycles. The third-order valence-corrected chi connectivity index (χ3v) is 28.7. The third-order valence-electron chi connectivity index (χ3n) is 28.7. The van der Waals surface area contributed by atoms with Gasteiger partial charge in [0.05, 0.1) is 133 Å². The minimum atomic E-state index is -0.478. The number of ether oxygens (including phenoxy) is 5. The van der Waals surface area contributed by atoms with Crippen LogP contribution in [0.3, 0.4) is 0 Å². The summed E-state index contributed by atoms with van der Waals surface area (Å²) in [7, 11) is 9.96. The quantitative estimate of drug-likeness (QED) is 0.0855. The van der Waals surface area contributed by atoms with E-state index in [0.717, 1.165) is 184 Å². The fraction of sp³-hybridized carbons (Fsp3) is 0.343. The zero-order chi connectivity index (χ0) is 99.1. The molecule has 0 spiro atoms. The van der Waals surface area contributed by atoms with Gasteiger partial charge in [0.2, 0.25) is 0 Å². The Hall–Kier alpha value is -15.3. The van der Waals surface area contributed by atoms with Crippen LogP contribution in [0.4, 0.5) is 15.8 Å². The SMILES string of the molecule is CCN1CCC(c2ccc3nc(-c4ccc(OC)c(OC)c4)cc(=O)n3c2)CC1.CCN1C[C@@H]2C[C@H]1CN2c1ccc2nc(-c3cc4c(C)nc(C)cn4n3)cc(=O)n2c1.COc1ccc(-c2cc(=O)n3cc(C4=CCNCC4)ncc3n2)cc1OC.COc1ccc(-c2cc(=O)n3cc(C4CCNCC4)ccc3n2)cc1F.Cc1cn2nc(-c3cc(=O)n4cc(N5C[C@@H]6C[C@H]5CN6C)ccc4n3)cc2c(C)n1. The van der Waals surface area contributed by atoms with Crippen LogP contribution < -0.4 is 71.9 Å². The Morgan fingerprint density at radius 2 is 0.832 bits per heavy atom. The number of hydrogen-bond acceptors (Lipinski definition) is 27. The molecule has 0 saturated carbocycles. The highest BCUT2D eigenvalue weighted by atomic mass is 19.1. The van der Waals surface area contributed by atoms with Gasteiger partial charge in [0, 0.05) is 135 Å². The molecule has 34 nitrogen and oxygen atoms in total. The zero-order valence-electron chi connectivity index (χ0n) is 82.3. The molecule has 0 radical (unpaired) electrons. The van der Waals surface area contributed by atoms with Crippen molar-refractivity contribution in [3.05, 3.63) is 298 Å². The number of methoxy groups -OCH3 is 5. The lowest BCUT2D eigenvalue weighted by Gasteiger charge is -2.35. The summed E-state index contributed by atoms with van der Waals surface area (Å²) >= 11 is 0. The van der Waals surface area contributed by atoms with Gasteiger partial charge in [-0.25, -0.2) is 38.3 Å². The van der Waals surface area contributed by atoms with Crippen molar-refractivity contribution in [1.29, 1.82) is 0 Å². The molecular formula is C108H115FN24O10. The summed E-state index contributed by atoms with van der Waals surface area (Å²) in [6.07, 6.45) is 24.7. The van der Waals surface area contributed by atoms with E-state index in [1.54, 1.807) is 99.3 Å². The fourth-order valence-electron chi connectivity index (χ4n) is 21.0. The average Bonchev–Trinajstić information content (AvgIpc) is 1.69. The van der Waals surface area contributed by atoms with Crippen molar-refractivity contribution in [2.24, 2.45) is 0 Å². The largest absolute Gasteiger partial charge is 0.494 e. The van der Waals surface area contributed by atoms with E-state index in [0.29, 0.717) is 133 Å². The molecule has 6 fully saturated rings. The van der Waals surface area contributed by atoms with Crippen LogP contribution in [0.25, 0.3) is 101 Å². The maximum absolute atomic E-state index is 14.0. The second kappa shape index (κ2) is 40.7. The number of hydrogen-bond donors (Lipinski definition) is 2. The molecule has 7 aliphatic rings. The van der Waals surface area contributed by atoms with Gasteiger partial charge in [0.1, 0.15) is 34.0 Å². The number of piperazine rings is 2. The smallest absolute Gasteiger partial charge is 0.258 e. The second-order valence-corrected chi connectivity index (χ2v) is 37.5. The monoisotopic (exact) mass is 1930 g/mol.